The third-order valence-corrected chi connectivity index (χ3v) is 5.37. The zero-order valence-electron chi connectivity index (χ0n) is 17.9. The molecule has 5 rings (SSSR count). The monoisotopic (exact) mass is 443 g/mol. The number of aromatic nitrogens is 1. The molecular weight excluding hydrogens is 422 g/mol. The van der Waals surface area contributed by atoms with Crippen LogP contribution in [0, 0.1) is 0 Å². The van der Waals surface area contributed by atoms with Gasteiger partial charge in [0.1, 0.15) is 34.5 Å². The normalized spacial score (nSPS) is 12.7. The fraction of sp³-hybridized carbons (Fsp3) is 0.160. The van der Waals surface area contributed by atoms with Crippen molar-refractivity contribution < 1.29 is 23.5 Å². The van der Waals surface area contributed by atoms with Crippen LogP contribution in [0.15, 0.2) is 71.6 Å². The number of ether oxygens (including phenoxy) is 2. The molecule has 3 heterocycles. The summed E-state index contributed by atoms with van der Waals surface area (Å²) in [5, 5.41) is 3.88. The number of hydrogen-bond donors (Lipinski definition) is 1. The lowest BCUT2D eigenvalue weighted by Gasteiger charge is -2.30. The Bertz CT molecular complexity index is 1350. The minimum Gasteiger partial charge on any atom is -0.463 e. The van der Waals surface area contributed by atoms with E-state index in [1.807, 2.05) is 24.3 Å². The molecule has 1 aliphatic rings. The predicted octanol–water partition coefficient (Wildman–Crippen LogP) is 4.87. The van der Waals surface area contributed by atoms with Gasteiger partial charge < -0.3 is 24.1 Å². The number of rotatable bonds is 5. The molecular formula is C25H21N3O5. The Labute approximate surface area is 189 Å². The molecule has 0 saturated heterocycles. The first-order valence-corrected chi connectivity index (χ1v) is 10.6. The molecule has 8 heteroatoms. The van der Waals surface area contributed by atoms with Gasteiger partial charge in [0.15, 0.2) is 0 Å². The number of carbonyl (C=O) groups excluding carboxylic acids is 2. The van der Waals surface area contributed by atoms with Crippen molar-refractivity contribution >= 4 is 34.2 Å². The fourth-order valence-electron chi connectivity index (χ4n) is 3.83. The van der Waals surface area contributed by atoms with Crippen LogP contribution < -0.4 is 15.0 Å². The van der Waals surface area contributed by atoms with Crippen LogP contribution in [0.25, 0.3) is 11.0 Å². The summed E-state index contributed by atoms with van der Waals surface area (Å²) in [5.74, 6) is 0.149. The number of esters is 1. The van der Waals surface area contributed by atoms with Crippen molar-refractivity contribution in [1.82, 2.24) is 4.98 Å². The number of para-hydroxylation sites is 2. The summed E-state index contributed by atoms with van der Waals surface area (Å²) in [4.78, 5) is 31.5. The highest BCUT2D eigenvalue weighted by molar-refractivity contribution is 6.09. The van der Waals surface area contributed by atoms with Crippen molar-refractivity contribution in [3.8, 4) is 11.5 Å². The number of nitrogens with one attached hydrogen (secondary N) is 1. The van der Waals surface area contributed by atoms with Crippen LogP contribution in [0.4, 0.5) is 11.4 Å². The highest BCUT2D eigenvalue weighted by atomic mass is 16.5. The van der Waals surface area contributed by atoms with Gasteiger partial charge >= 0.3 is 5.97 Å². The SMILES string of the molecule is CCOC(=O)c1coc2ccc(Oc3ccncc3C(=O)N3CCNc4ccccc43)cc12. The minimum atomic E-state index is -0.467. The molecule has 2 aromatic heterocycles. The van der Waals surface area contributed by atoms with Gasteiger partial charge in [-0.3, -0.25) is 9.78 Å². The third kappa shape index (κ3) is 3.87. The summed E-state index contributed by atoms with van der Waals surface area (Å²) >= 11 is 0. The quantitative estimate of drug-likeness (QED) is 0.440. The molecule has 0 atom stereocenters. The maximum absolute atomic E-state index is 13.5. The standard InChI is InChI=1S/C25H21N3O5/c1-2-31-25(30)19-15-32-22-8-7-16(13-17(19)22)33-23-9-10-26-14-18(23)24(29)28-12-11-27-20-5-3-4-6-21(20)28/h3-10,13-15,27H,2,11-12H2,1H3. The molecule has 0 saturated carbocycles. The van der Waals surface area contributed by atoms with E-state index in [4.69, 9.17) is 13.9 Å². The minimum absolute atomic E-state index is 0.205. The first kappa shape index (κ1) is 20.6. The van der Waals surface area contributed by atoms with E-state index in [9.17, 15) is 9.59 Å². The van der Waals surface area contributed by atoms with E-state index in [1.54, 1.807) is 42.3 Å². The highest BCUT2D eigenvalue weighted by Gasteiger charge is 2.26. The maximum Gasteiger partial charge on any atom is 0.342 e. The van der Waals surface area contributed by atoms with Gasteiger partial charge in [0.05, 0.1) is 18.0 Å². The number of hydrogen-bond acceptors (Lipinski definition) is 7. The number of anilines is 2. The van der Waals surface area contributed by atoms with E-state index >= 15 is 0 Å². The van der Waals surface area contributed by atoms with Crippen LogP contribution in [0.5, 0.6) is 11.5 Å². The molecule has 0 spiro atoms. The summed E-state index contributed by atoms with van der Waals surface area (Å²) in [7, 11) is 0. The summed E-state index contributed by atoms with van der Waals surface area (Å²) in [6, 6.07) is 14.4. The molecule has 1 amide bonds. The smallest absolute Gasteiger partial charge is 0.342 e. The van der Waals surface area contributed by atoms with Gasteiger partial charge in [0, 0.05) is 30.9 Å². The molecule has 1 aliphatic heterocycles. The van der Waals surface area contributed by atoms with Gasteiger partial charge in [0.2, 0.25) is 0 Å². The van der Waals surface area contributed by atoms with Crippen LogP contribution in [0.2, 0.25) is 0 Å². The second kappa shape index (κ2) is 8.66. The Morgan fingerprint density at radius 2 is 2.03 bits per heavy atom. The number of nitrogens with zero attached hydrogens (tertiary/aromatic N) is 2. The predicted molar refractivity (Wildman–Crippen MR) is 123 cm³/mol. The van der Waals surface area contributed by atoms with Crippen LogP contribution in [0.3, 0.4) is 0 Å². The molecule has 0 bridgehead atoms. The van der Waals surface area contributed by atoms with E-state index < -0.39 is 5.97 Å². The number of amides is 1. The summed E-state index contributed by atoms with van der Waals surface area (Å²) in [6.07, 6.45) is 4.44. The van der Waals surface area contributed by atoms with Crippen LogP contribution in [-0.2, 0) is 4.74 Å². The van der Waals surface area contributed by atoms with Crippen molar-refractivity contribution in [2.75, 3.05) is 29.9 Å². The first-order chi connectivity index (χ1) is 16.2. The van der Waals surface area contributed by atoms with Gasteiger partial charge in [-0.1, -0.05) is 12.1 Å². The molecule has 8 nitrogen and oxygen atoms in total. The molecule has 0 fully saturated rings. The largest absolute Gasteiger partial charge is 0.463 e. The Balaban J connectivity index is 1.47. The number of pyridine rings is 1. The van der Waals surface area contributed by atoms with Crippen molar-refractivity contribution in [2.24, 2.45) is 0 Å². The van der Waals surface area contributed by atoms with Crippen molar-refractivity contribution in [1.29, 1.82) is 0 Å². The van der Waals surface area contributed by atoms with Crippen molar-refractivity contribution in [2.45, 2.75) is 6.92 Å². The van der Waals surface area contributed by atoms with Gasteiger partial charge in [0.25, 0.3) is 5.91 Å². The maximum atomic E-state index is 13.5. The van der Waals surface area contributed by atoms with E-state index in [1.165, 1.54) is 12.5 Å². The molecule has 4 aromatic rings. The Hall–Kier alpha value is -4.33. The third-order valence-electron chi connectivity index (χ3n) is 5.37. The molecule has 2 aromatic carbocycles. The summed E-state index contributed by atoms with van der Waals surface area (Å²) < 4.78 is 16.6. The molecule has 0 aliphatic carbocycles. The van der Waals surface area contributed by atoms with Crippen LogP contribution in [-0.4, -0.2) is 36.6 Å². The zero-order valence-corrected chi connectivity index (χ0v) is 17.9. The highest BCUT2D eigenvalue weighted by Crippen LogP contribution is 2.34. The molecule has 1 N–H and O–H groups in total. The molecule has 33 heavy (non-hydrogen) atoms. The number of furan rings is 1. The lowest BCUT2D eigenvalue weighted by molar-refractivity contribution is 0.0527. The van der Waals surface area contributed by atoms with E-state index in [2.05, 4.69) is 10.3 Å². The molecule has 166 valence electrons. The molecule has 0 radical (unpaired) electrons. The second-order valence-electron chi connectivity index (χ2n) is 7.40. The van der Waals surface area contributed by atoms with E-state index in [0.29, 0.717) is 46.7 Å². The van der Waals surface area contributed by atoms with Gasteiger partial charge in [-0.15, -0.1) is 0 Å². The van der Waals surface area contributed by atoms with Crippen molar-refractivity contribution in [3.05, 3.63) is 78.3 Å². The molecule has 0 unspecified atom stereocenters. The summed E-state index contributed by atoms with van der Waals surface area (Å²) in [6.45, 7) is 3.17. The number of fused-ring (bicyclic) bond motifs is 2. The Kier molecular flexibility index (Phi) is 5.40. The average Bonchev–Trinajstić information content (AvgIpc) is 3.27. The van der Waals surface area contributed by atoms with Gasteiger partial charge in [-0.2, -0.15) is 0 Å². The fourth-order valence-corrected chi connectivity index (χ4v) is 3.83. The topological polar surface area (TPSA) is 93.9 Å². The Morgan fingerprint density at radius 1 is 1.15 bits per heavy atom. The number of carbonyl (C=O) groups is 2. The average molecular weight is 443 g/mol. The number of benzene rings is 2. The van der Waals surface area contributed by atoms with Gasteiger partial charge in [-0.05, 0) is 43.3 Å². The lowest BCUT2D eigenvalue weighted by atomic mass is 10.1. The van der Waals surface area contributed by atoms with Crippen LogP contribution >= 0.6 is 0 Å². The van der Waals surface area contributed by atoms with E-state index in [0.717, 1.165) is 11.4 Å². The first-order valence-electron chi connectivity index (χ1n) is 10.6. The van der Waals surface area contributed by atoms with Crippen molar-refractivity contribution in [3.63, 3.8) is 0 Å². The van der Waals surface area contributed by atoms with Gasteiger partial charge in [-0.25, -0.2) is 4.79 Å². The Morgan fingerprint density at radius 3 is 2.91 bits per heavy atom. The lowest BCUT2D eigenvalue weighted by Crippen LogP contribution is -2.39. The second-order valence-corrected chi connectivity index (χ2v) is 7.40. The van der Waals surface area contributed by atoms with E-state index in [-0.39, 0.29) is 12.5 Å². The summed E-state index contributed by atoms with van der Waals surface area (Å²) in [5.41, 5.74) is 2.91. The van der Waals surface area contributed by atoms with Crippen LogP contribution in [0.1, 0.15) is 27.6 Å². The zero-order chi connectivity index (χ0) is 22.8.